The Balaban J connectivity index is 1.86. The van der Waals surface area contributed by atoms with E-state index in [9.17, 15) is 0 Å². The fraction of sp³-hybridized carbons (Fsp3) is 0.400. The number of benzene rings is 1. The van der Waals surface area contributed by atoms with Gasteiger partial charge in [-0.2, -0.15) is 5.10 Å². The Morgan fingerprint density at radius 1 is 1.33 bits per heavy atom. The second-order valence-corrected chi connectivity index (χ2v) is 4.94. The van der Waals surface area contributed by atoms with Gasteiger partial charge in [-0.15, -0.1) is 0 Å². The van der Waals surface area contributed by atoms with Gasteiger partial charge in [0.25, 0.3) is 0 Å². The zero-order valence-corrected chi connectivity index (χ0v) is 10.7. The lowest BCUT2D eigenvalue weighted by Crippen LogP contribution is -2.16. The summed E-state index contributed by atoms with van der Waals surface area (Å²) >= 11 is 0. The molecule has 0 amide bonds. The summed E-state index contributed by atoms with van der Waals surface area (Å²) < 4.78 is 1.96. The molecule has 1 aliphatic rings. The van der Waals surface area contributed by atoms with E-state index >= 15 is 0 Å². The molecule has 1 saturated heterocycles. The van der Waals surface area contributed by atoms with Crippen LogP contribution in [0.2, 0.25) is 0 Å². The Hall–Kier alpha value is -1.61. The molecule has 2 heterocycles. The van der Waals surface area contributed by atoms with E-state index in [1.54, 1.807) is 0 Å². The molecule has 1 aromatic carbocycles. The molecular formula is C15H19N3. The van der Waals surface area contributed by atoms with Gasteiger partial charge in [-0.3, -0.25) is 0 Å². The van der Waals surface area contributed by atoms with Gasteiger partial charge in [-0.05, 0) is 31.0 Å². The second kappa shape index (κ2) is 4.94. The van der Waals surface area contributed by atoms with Crippen LogP contribution in [-0.4, -0.2) is 16.3 Å². The van der Waals surface area contributed by atoms with E-state index in [0.717, 1.165) is 18.2 Å². The van der Waals surface area contributed by atoms with Crippen molar-refractivity contribution in [3.05, 3.63) is 48.3 Å². The van der Waals surface area contributed by atoms with Gasteiger partial charge in [0.1, 0.15) is 0 Å². The van der Waals surface area contributed by atoms with E-state index in [2.05, 4.69) is 35.7 Å². The highest BCUT2D eigenvalue weighted by Crippen LogP contribution is 2.31. The van der Waals surface area contributed by atoms with Crippen molar-refractivity contribution in [1.29, 1.82) is 0 Å². The van der Waals surface area contributed by atoms with Gasteiger partial charge in [-0.1, -0.05) is 31.5 Å². The van der Waals surface area contributed by atoms with Crippen LogP contribution in [-0.2, 0) is 0 Å². The van der Waals surface area contributed by atoms with Crippen molar-refractivity contribution in [3.8, 4) is 5.69 Å². The van der Waals surface area contributed by atoms with E-state index in [4.69, 9.17) is 0 Å². The van der Waals surface area contributed by atoms with Gasteiger partial charge < -0.3 is 5.32 Å². The first kappa shape index (κ1) is 11.5. The standard InChI is InChI=1S/C15H19N3/c1-2-12-8-9-16-15(12)13-10-17-18(11-13)14-6-4-3-5-7-14/h3-7,10-12,15-16H,2,8-9H2,1H3. The highest BCUT2D eigenvalue weighted by Gasteiger charge is 2.27. The molecule has 94 valence electrons. The largest absolute Gasteiger partial charge is 0.310 e. The number of nitrogens with one attached hydrogen (secondary N) is 1. The summed E-state index contributed by atoms with van der Waals surface area (Å²) in [6.07, 6.45) is 6.66. The number of hydrogen-bond donors (Lipinski definition) is 1. The SMILES string of the molecule is CCC1CCNC1c1cnn(-c2ccccc2)c1. The van der Waals surface area contributed by atoms with Crippen molar-refractivity contribution in [2.24, 2.45) is 5.92 Å². The molecule has 18 heavy (non-hydrogen) atoms. The molecule has 0 radical (unpaired) electrons. The Labute approximate surface area is 108 Å². The van der Waals surface area contributed by atoms with E-state index in [-0.39, 0.29) is 0 Å². The maximum atomic E-state index is 4.48. The summed E-state index contributed by atoms with van der Waals surface area (Å²) in [5.41, 5.74) is 2.43. The molecule has 0 spiro atoms. The molecule has 1 aliphatic heterocycles. The highest BCUT2D eigenvalue weighted by atomic mass is 15.3. The maximum Gasteiger partial charge on any atom is 0.0645 e. The topological polar surface area (TPSA) is 29.9 Å². The first-order valence-corrected chi connectivity index (χ1v) is 6.72. The number of hydrogen-bond acceptors (Lipinski definition) is 2. The lowest BCUT2D eigenvalue weighted by molar-refractivity contribution is 0.449. The smallest absolute Gasteiger partial charge is 0.0645 e. The van der Waals surface area contributed by atoms with Crippen molar-refractivity contribution in [2.45, 2.75) is 25.8 Å². The quantitative estimate of drug-likeness (QED) is 0.895. The molecule has 3 rings (SSSR count). The van der Waals surface area contributed by atoms with E-state index < -0.39 is 0 Å². The van der Waals surface area contributed by atoms with Crippen molar-refractivity contribution >= 4 is 0 Å². The van der Waals surface area contributed by atoms with Crippen molar-refractivity contribution in [2.75, 3.05) is 6.54 Å². The monoisotopic (exact) mass is 241 g/mol. The summed E-state index contributed by atoms with van der Waals surface area (Å²) in [5, 5.41) is 8.06. The van der Waals surface area contributed by atoms with Crippen LogP contribution in [0.25, 0.3) is 5.69 Å². The van der Waals surface area contributed by atoms with Crippen LogP contribution in [0.4, 0.5) is 0 Å². The van der Waals surface area contributed by atoms with Crippen LogP contribution in [0.5, 0.6) is 0 Å². The van der Waals surface area contributed by atoms with Crippen molar-refractivity contribution in [3.63, 3.8) is 0 Å². The highest BCUT2D eigenvalue weighted by molar-refractivity contribution is 5.31. The summed E-state index contributed by atoms with van der Waals surface area (Å²) in [6.45, 7) is 3.39. The lowest BCUT2D eigenvalue weighted by Gasteiger charge is -2.15. The molecule has 0 aliphatic carbocycles. The second-order valence-electron chi connectivity index (χ2n) is 4.94. The molecular weight excluding hydrogens is 222 g/mol. The van der Waals surface area contributed by atoms with Gasteiger partial charge >= 0.3 is 0 Å². The molecule has 0 bridgehead atoms. The van der Waals surface area contributed by atoms with E-state index in [0.29, 0.717) is 6.04 Å². The molecule has 1 fully saturated rings. The molecule has 1 N–H and O–H groups in total. The number of aromatic nitrogens is 2. The summed E-state index contributed by atoms with van der Waals surface area (Å²) in [6, 6.07) is 10.7. The fourth-order valence-electron chi connectivity index (χ4n) is 2.81. The zero-order valence-electron chi connectivity index (χ0n) is 10.7. The fourth-order valence-corrected chi connectivity index (χ4v) is 2.81. The third-order valence-electron chi connectivity index (χ3n) is 3.86. The van der Waals surface area contributed by atoms with Crippen molar-refractivity contribution < 1.29 is 0 Å². The van der Waals surface area contributed by atoms with Gasteiger partial charge in [-0.25, -0.2) is 4.68 Å². The summed E-state index contributed by atoms with van der Waals surface area (Å²) in [7, 11) is 0. The van der Waals surface area contributed by atoms with Crippen LogP contribution in [0.15, 0.2) is 42.7 Å². The van der Waals surface area contributed by atoms with Crippen LogP contribution >= 0.6 is 0 Å². The Bertz CT molecular complexity index is 503. The van der Waals surface area contributed by atoms with E-state index in [1.165, 1.54) is 18.4 Å². The van der Waals surface area contributed by atoms with Crippen molar-refractivity contribution in [1.82, 2.24) is 15.1 Å². The first-order chi connectivity index (χ1) is 8.88. The van der Waals surface area contributed by atoms with Crippen LogP contribution in [0.1, 0.15) is 31.4 Å². The summed E-state index contributed by atoms with van der Waals surface area (Å²) in [5.74, 6) is 0.749. The van der Waals surface area contributed by atoms with Crippen LogP contribution < -0.4 is 5.32 Å². The van der Waals surface area contributed by atoms with Gasteiger partial charge in [0, 0.05) is 17.8 Å². The normalized spacial score (nSPS) is 23.4. The molecule has 0 saturated carbocycles. The minimum atomic E-state index is 0.479. The number of nitrogens with zero attached hydrogens (tertiary/aromatic N) is 2. The average Bonchev–Trinajstić information content (AvgIpc) is 3.08. The summed E-state index contributed by atoms with van der Waals surface area (Å²) in [4.78, 5) is 0. The zero-order chi connectivity index (χ0) is 12.4. The first-order valence-electron chi connectivity index (χ1n) is 6.72. The predicted molar refractivity (Wildman–Crippen MR) is 72.7 cm³/mol. The molecule has 2 aromatic rings. The third-order valence-corrected chi connectivity index (χ3v) is 3.86. The minimum absolute atomic E-state index is 0.479. The molecule has 2 atom stereocenters. The Kier molecular flexibility index (Phi) is 3.15. The average molecular weight is 241 g/mol. The Morgan fingerprint density at radius 3 is 2.94 bits per heavy atom. The predicted octanol–water partition coefficient (Wildman–Crippen LogP) is 2.93. The molecule has 1 aromatic heterocycles. The molecule has 3 heteroatoms. The van der Waals surface area contributed by atoms with Gasteiger partial charge in [0.2, 0.25) is 0 Å². The molecule has 2 unspecified atom stereocenters. The van der Waals surface area contributed by atoms with Crippen LogP contribution in [0, 0.1) is 5.92 Å². The minimum Gasteiger partial charge on any atom is -0.310 e. The van der Waals surface area contributed by atoms with Crippen LogP contribution in [0.3, 0.4) is 0 Å². The Morgan fingerprint density at radius 2 is 2.17 bits per heavy atom. The molecule has 3 nitrogen and oxygen atoms in total. The van der Waals surface area contributed by atoms with Gasteiger partial charge in [0.05, 0.1) is 11.9 Å². The maximum absolute atomic E-state index is 4.48. The lowest BCUT2D eigenvalue weighted by atomic mass is 9.94. The number of para-hydroxylation sites is 1. The third kappa shape index (κ3) is 2.06. The van der Waals surface area contributed by atoms with E-state index in [1.807, 2.05) is 29.1 Å². The van der Waals surface area contributed by atoms with Gasteiger partial charge in [0.15, 0.2) is 0 Å². The number of rotatable bonds is 3.